The smallest absolute Gasteiger partial charge is 0.407 e. The molecule has 4 heterocycles. The van der Waals surface area contributed by atoms with Gasteiger partial charge >= 0.3 is 36.3 Å². The van der Waals surface area contributed by atoms with Crippen molar-refractivity contribution in [2.45, 2.75) is 189 Å². The number of nitrogens with one attached hydrogen (secondary N) is 6. The van der Waals surface area contributed by atoms with Crippen molar-refractivity contribution in [2.75, 3.05) is 87.1 Å². The molecule has 0 aromatic heterocycles. The number of hydrogen-bond donors (Lipinski definition) is 14. The van der Waals surface area contributed by atoms with Crippen molar-refractivity contribution in [3.63, 3.8) is 0 Å². The van der Waals surface area contributed by atoms with Crippen LogP contribution in [0.2, 0.25) is 0 Å². The molecule has 88 heavy (non-hydrogen) atoms. The Morgan fingerprint density at radius 1 is 0.489 bits per heavy atom. The number of aliphatic hydroxyl groups is 6. The van der Waals surface area contributed by atoms with Gasteiger partial charge in [0.1, 0.15) is 87.0 Å². The van der Waals surface area contributed by atoms with Crippen LogP contribution in [-0.4, -0.2) is 292 Å². The minimum Gasteiger partial charge on any atom is -0.479 e. The van der Waals surface area contributed by atoms with Crippen molar-refractivity contribution < 1.29 is 141 Å². The van der Waals surface area contributed by atoms with Gasteiger partial charge in [0, 0.05) is 67.3 Å². The predicted octanol–water partition coefficient (Wildman–Crippen LogP) is -3.70. The van der Waals surface area contributed by atoms with E-state index in [0.717, 1.165) is 20.6 Å². The van der Waals surface area contributed by atoms with Gasteiger partial charge in [-0.15, -0.1) is 0 Å². The molecule has 4 aliphatic heterocycles. The van der Waals surface area contributed by atoms with E-state index in [4.69, 9.17) is 61.6 Å². The van der Waals surface area contributed by atoms with Crippen LogP contribution in [0.5, 0.6) is 0 Å². The summed E-state index contributed by atoms with van der Waals surface area (Å²) in [6.07, 6.45) is -22.0. The Hall–Kier alpha value is -5.64. The average Bonchev–Trinajstić information content (AvgIpc) is 3.06. The highest BCUT2D eigenvalue weighted by molar-refractivity contribution is 5.75. The number of epoxide rings is 1. The maximum atomic E-state index is 12.3. The van der Waals surface area contributed by atoms with Crippen molar-refractivity contribution in [1.82, 2.24) is 31.9 Å². The topological polar surface area (TPSA) is 494 Å². The van der Waals surface area contributed by atoms with Crippen molar-refractivity contribution >= 4 is 48.1 Å². The highest BCUT2D eigenvalue weighted by Gasteiger charge is 2.54. The average molecular weight is 1280 g/mol. The van der Waals surface area contributed by atoms with E-state index >= 15 is 0 Å². The second-order valence-corrected chi connectivity index (χ2v) is 21.6. The Morgan fingerprint density at radius 3 is 1.33 bits per heavy atom. The molecule has 1 saturated carbocycles. The Kier molecular flexibility index (Phi) is 32.4. The SMILES string of the molecule is COC1[C@H](C(=O)O)O[C@H](O[C@@H]2C(O)[C@H](COC(=O)NCCCCCNC(=O)OCC3CO3)C[C@@H](C)[C@H]2NC(C)=O)[C@@H](O)[C@H]1O.COCCOC(=O)NCCCCCNC(=O)OC[C@@H]1O[C@@H](C)[C@@H](NC(C)=O)[C@H](O[C@H]2O[C@@H](C(=O)O)C(OC)[C@H](O)[C@@H]2O)C1O. The predicted molar refractivity (Wildman–Crippen MR) is 294 cm³/mol. The number of hydrogen-bond acceptors (Lipinski definition) is 27. The lowest BCUT2D eigenvalue weighted by atomic mass is 9.75. The molecule has 6 amide bonds. The molecule has 14 N–H and O–H groups in total. The van der Waals surface area contributed by atoms with Crippen LogP contribution in [0.1, 0.15) is 72.6 Å². The molecule has 21 atom stereocenters. The Bertz CT molecular complexity index is 2190. The Labute approximate surface area is 507 Å². The number of amides is 6. The first-order valence-corrected chi connectivity index (χ1v) is 29.0. The van der Waals surface area contributed by atoms with Gasteiger partial charge in [0.25, 0.3) is 0 Å². The fourth-order valence-corrected chi connectivity index (χ4v) is 10.1. The van der Waals surface area contributed by atoms with Crippen molar-refractivity contribution in [1.29, 1.82) is 0 Å². The summed E-state index contributed by atoms with van der Waals surface area (Å²) in [5, 5.41) is 99.1. The number of carboxylic acid groups (broad SMARTS) is 2. The van der Waals surface area contributed by atoms with Crippen LogP contribution in [0, 0.1) is 11.8 Å². The second kappa shape index (κ2) is 38.1. The molecule has 506 valence electrons. The number of carbonyl (C=O) groups is 8. The zero-order valence-corrected chi connectivity index (χ0v) is 50.3. The third kappa shape index (κ3) is 24.0. The van der Waals surface area contributed by atoms with Crippen molar-refractivity contribution in [3.8, 4) is 0 Å². The summed E-state index contributed by atoms with van der Waals surface area (Å²) in [6, 6.07) is -1.77. The molecule has 4 saturated heterocycles. The van der Waals surface area contributed by atoms with Gasteiger partial charge in [-0.1, -0.05) is 6.92 Å². The van der Waals surface area contributed by atoms with Crippen LogP contribution in [0.4, 0.5) is 19.2 Å². The molecular weight excluding hydrogens is 1180 g/mol. The summed E-state index contributed by atoms with van der Waals surface area (Å²) in [4.78, 5) is 94.7. The lowest BCUT2D eigenvalue weighted by molar-refractivity contribution is -0.327. The standard InChI is InChI=1S/C27H45N3O14.C26H45N3O15/c1-13-9-15(10-41-26(37)28-7-5-4-6-8-29-27(38)42-12-16-11-40-16)18(32)21(17(13)30-14(2)31)43-25-20(34)19(33)22(39-3)23(44-25)24(35)36;1-13-16(29-14(2)30)20(43-24-19(33)18(32)21(39-4)22(44-24)23(34)35)17(31)15(42-13)12-41-26(37)28-9-7-5-6-8-27-25(36)40-11-10-38-3/h13,15-23,25,32-34H,4-12H2,1-3H3,(H,28,37)(H,29,38)(H,30,31)(H,35,36);13,15-22,24,31-33H,5-12H2,1-4H3,(H,27,36)(H,28,37)(H,29,30)(H,34,35)/t13-,15+,16?,17-,18?,19-,20+,21+,22?,23-,25+;13-,15-,16+,17?,18+,19-,20-,21?,22+,24-/m10/s1. The molecule has 35 nitrogen and oxygen atoms in total. The molecule has 5 rings (SSSR count). The first-order chi connectivity index (χ1) is 41.8. The highest BCUT2D eigenvalue weighted by atomic mass is 16.7. The van der Waals surface area contributed by atoms with E-state index in [2.05, 4.69) is 31.9 Å². The van der Waals surface area contributed by atoms with E-state index in [1.165, 1.54) is 21.0 Å². The van der Waals surface area contributed by atoms with E-state index in [0.29, 0.717) is 71.4 Å². The fraction of sp³-hybridized carbons (Fsp3) is 0.849. The van der Waals surface area contributed by atoms with Gasteiger partial charge in [-0.05, 0) is 57.8 Å². The van der Waals surface area contributed by atoms with Gasteiger partial charge in [-0.3, -0.25) is 9.59 Å². The summed E-state index contributed by atoms with van der Waals surface area (Å²) < 4.78 is 68.3. The number of carboxylic acids is 2. The van der Waals surface area contributed by atoms with Gasteiger partial charge in [-0.2, -0.15) is 0 Å². The summed E-state index contributed by atoms with van der Waals surface area (Å²) in [7, 11) is 3.80. The van der Waals surface area contributed by atoms with E-state index in [1.807, 2.05) is 0 Å². The summed E-state index contributed by atoms with van der Waals surface area (Å²) in [5.41, 5.74) is 0. The molecule has 5 aliphatic rings. The first-order valence-electron chi connectivity index (χ1n) is 29.0. The van der Waals surface area contributed by atoms with Crippen LogP contribution in [0.15, 0.2) is 0 Å². The molecule has 0 aromatic rings. The van der Waals surface area contributed by atoms with E-state index in [9.17, 15) is 79.2 Å². The number of unbranched alkanes of at least 4 members (excludes halogenated alkanes) is 4. The minimum atomic E-state index is -1.77. The maximum absolute atomic E-state index is 12.3. The van der Waals surface area contributed by atoms with Crippen LogP contribution >= 0.6 is 0 Å². The van der Waals surface area contributed by atoms with E-state index in [-0.39, 0.29) is 38.4 Å². The zero-order valence-electron chi connectivity index (χ0n) is 50.3. The van der Waals surface area contributed by atoms with Gasteiger partial charge in [-0.25, -0.2) is 28.8 Å². The summed E-state index contributed by atoms with van der Waals surface area (Å²) >= 11 is 0. The van der Waals surface area contributed by atoms with Crippen molar-refractivity contribution in [2.24, 2.45) is 11.8 Å². The van der Waals surface area contributed by atoms with Crippen LogP contribution in [0.25, 0.3) is 0 Å². The van der Waals surface area contributed by atoms with Crippen LogP contribution < -0.4 is 31.9 Å². The number of rotatable bonds is 31. The lowest BCUT2D eigenvalue weighted by Gasteiger charge is -2.47. The van der Waals surface area contributed by atoms with Gasteiger partial charge < -0.3 is 134 Å². The Morgan fingerprint density at radius 2 is 0.909 bits per heavy atom. The van der Waals surface area contributed by atoms with Gasteiger partial charge in [0.15, 0.2) is 24.8 Å². The molecule has 5 fully saturated rings. The molecule has 0 aromatic carbocycles. The molecular formula is C53H90N6O29. The van der Waals surface area contributed by atoms with Gasteiger partial charge in [0.05, 0.1) is 44.1 Å². The van der Waals surface area contributed by atoms with Crippen molar-refractivity contribution in [3.05, 3.63) is 0 Å². The number of methoxy groups -OCH3 is 3. The summed E-state index contributed by atoms with van der Waals surface area (Å²) in [5.74, 6) is -4.79. The Balaban J connectivity index is 0.000000376. The number of aliphatic carboxylic acids is 2. The third-order valence-corrected chi connectivity index (χ3v) is 14.8. The third-order valence-electron chi connectivity index (χ3n) is 14.8. The molecule has 1 aliphatic carbocycles. The van der Waals surface area contributed by atoms with Gasteiger partial charge in [0.2, 0.25) is 11.8 Å². The van der Waals surface area contributed by atoms with E-state index in [1.54, 1.807) is 13.8 Å². The second-order valence-electron chi connectivity index (χ2n) is 21.6. The largest absolute Gasteiger partial charge is 0.479 e. The maximum Gasteiger partial charge on any atom is 0.407 e. The monoisotopic (exact) mass is 1270 g/mol. The number of ether oxygens (including phenoxy) is 13. The number of aliphatic hydroxyl groups excluding tert-OH is 6. The number of alkyl carbamates (subject to hydrolysis) is 4. The minimum absolute atomic E-state index is 0.00482. The highest BCUT2D eigenvalue weighted by Crippen LogP contribution is 2.36. The summed E-state index contributed by atoms with van der Waals surface area (Å²) in [6.45, 7) is 8.01. The molecule has 0 bridgehead atoms. The normalized spacial score (nSPS) is 33.4. The zero-order chi connectivity index (χ0) is 65.2. The molecule has 0 radical (unpaired) electrons. The molecule has 0 spiro atoms. The van der Waals surface area contributed by atoms with E-state index < -0.39 is 171 Å². The fourth-order valence-electron chi connectivity index (χ4n) is 10.1. The van der Waals surface area contributed by atoms with Crippen LogP contribution in [0.3, 0.4) is 0 Å². The quantitative estimate of drug-likeness (QED) is 0.0180. The first kappa shape index (κ1) is 74.8. The number of carbonyl (C=O) groups excluding carboxylic acids is 6. The molecule has 5 unspecified atom stereocenters. The molecule has 35 heteroatoms. The van der Waals surface area contributed by atoms with Crippen LogP contribution in [-0.2, 0) is 80.8 Å². The lowest BCUT2D eigenvalue weighted by Crippen LogP contribution is -2.67.